The first-order valence-corrected chi connectivity index (χ1v) is 14.2. The Kier molecular flexibility index (Phi) is 17.8. The molecule has 0 unspecified atom stereocenters. The van der Waals surface area contributed by atoms with Gasteiger partial charge in [-0.25, -0.2) is 6.08 Å². The maximum absolute atomic E-state index is 3.30. The monoisotopic (exact) mass is 508 g/mol. The number of allylic oxidation sites excluding steroid dienone is 4. The normalized spacial score (nSPS) is 11.7. The summed E-state index contributed by atoms with van der Waals surface area (Å²) in [5.74, 6) is 0. The number of fused-ring (bicyclic) bond motifs is 3. The predicted molar refractivity (Wildman–Crippen MR) is 129 cm³/mol. The average Bonchev–Trinajstić information content (AvgIpc) is 3.25. The van der Waals surface area contributed by atoms with Crippen LogP contribution in [-0.2, 0) is 29.8 Å². The van der Waals surface area contributed by atoms with Crippen LogP contribution in [0.25, 0.3) is 11.1 Å². The zero-order valence-corrected chi connectivity index (χ0v) is 23.1. The summed E-state index contributed by atoms with van der Waals surface area (Å²) in [6.45, 7) is 8.62. The zero-order chi connectivity index (χ0) is 17.6. The molecule has 0 bridgehead atoms. The van der Waals surface area contributed by atoms with Gasteiger partial charge < -0.3 is 14.9 Å². The van der Waals surface area contributed by atoms with Crippen LogP contribution in [0.3, 0.4) is 0 Å². The van der Waals surface area contributed by atoms with Gasteiger partial charge in [0.2, 0.25) is 0 Å². The van der Waals surface area contributed by atoms with E-state index in [1.54, 1.807) is 23.3 Å². The van der Waals surface area contributed by atoms with Crippen molar-refractivity contribution in [2.24, 2.45) is 5.41 Å². The first-order chi connectivity index (χ1) is 11.6. The fourth-order valence-electron chi connectivity index (χ4n) is 2.92. The van der Waals surface area contributed by atoms with E-state index in [0.717, 1.165) is 12.8 Å². The molecule has 0 nitrogen and oxygen atoms in total. The summed E-state index contributed by atoms with van der Waals surface area (Å²) in [5.41, 5.74) is 7.25. The SMILES string of the molecule is CC(C)(C)C1=CC[C-]=C1.Cl.Cl.[CH3-].[CH3-].[SiH2]=[Zr].[c-]1cccc2c1Cc1ccccc1-2. The van der Waals surface area contributed by atoms with Crippen LogP contribution in [-0.4, -0.2) is 6.88 Å². The molecule has 0 aliphatic heterocycles. The number of hydrogen-bond donors (Lipinski definition) is 0. The molecule has 0 spiro atoms. The van der Waals surface area contributed by atoms with E-state index in [2.05, 4.69) is 81.5 Å². The second-order valence-corrected chi connectivity index (χ2v) is 6.86. The summed E-state index contributed by atoms with van der Waals surface area (Å²) in [6, 6.07) is 18.1. The number of halogens is 2. The van der Waals surface area contributed by atoms with E-state index in [0.29, 0.717) is 5.41 Å². The quantitative estimate of drug-likeness (QED) is 0.236. The summed E-state index contributed by atoms with van der Waals surface area (Å²) in [7, 11) is 0. The molecule has 0 radical (unpaired) electrons. The molecular formula is C24H32Cl2SiZr-4. The molecule has 28 heavy (non-hydrogen) atoms. The van der Waals surface area contributed by atoms with Crippen molar-refractivity contribution >= 4 is 31.7 Å². The Bertz CT molecular complexity index is 718. The molecule has 2 aromatic rings. The first-order valence-electron chi connectivity index (χ1n) is 8.26. The largest absolute Gasteiger partial charge is 0.179 e. The minimum Gasteiger partial charge on any atom is -0.179 e. The van der Waals surface area contributed by atoms with Gasteiger partial charge in [0.15, 0.2) is 0 Å². The smallest absolute Gasteiger partial charge is 0.0253 e. The molecule has 2 aliphatic rings. The number of rotatable bonds is 0. The van der Waals surface area contributed by atoms with E-state index in [1.165, 1.54) is 27.8 Å². The Morgan fingerprint density at radius 1 is 0.929 bits per heavy atom. The van der Waals surface area contributed by atoms with Gasteiger partial charge in [-0.1, -0.05) is 61.6 Å². The summed E-state index contributed by atoms with van der Waals surface area (Å²) in [6.07, 6.45) is 9.55. The predicted octanol–water partition coefficient (Wildman–Crippen LogP) is 6.61. The van der Waals surface area contributed by atoms with E-state index in [4.69, 9.17) is 0 Å². The van der Waals surface area contributed by atoms with Gasteiger partial charge >= 0.3 is 30.2 Å². The van der Waals surface area contributed by atoms with Crippen molar-refractivity contribution in [2.45, 2.75) is 33.6 Å². The average molecular weight is 511 g/mol. The fraction of sp³-hybridized carbons (Fsp3) is 0.250. The van der Waals surface area contributed by atoms with E-state index in [1.807, 2.05) is 12.9 Å². The van der Waals surface area contributed by atoms with E-state index in [-0.39, 0.29) is 39.7 Å². The number of benzene rings is 2. The van der Waals surface area contributed by atoms with Crippen molar-refractivity contribution < 1.29 is 23.3 Å². The van der Waals surface area contributed by atoms with Crippen LogP contribution in [0.1, 0.15) is 38.3 Å². The summed E-state index contributed by atoms with van der Waals surface area (Å²) in [4.78, 5) is 0. The molecular weight excluding hydrogens is 478 g/mol. The maximum atomic E-state index is 3.30. The Balaban J connectivity index is -0.000000378. The van der Waals surface area contributed by atoms with Crippen molar-refractivity contribution in [2.75, 3.05) is 0 Å². The summed E-state index contributed by atoms with van der Waals surface area (Å²) >= 11 is 1.58. The number of hydrogen-bond acceptors (Lipinski definition) is 0. The molecule has 0 fully saturated rings. The Labute approximate surface area is 202 Å². The molecule has 0 N–H and O–H groups in total. The molecule has 0 saturated carbocycles. The van der Waals surface area contributed by atoms with Gasteiger partial charge in [-0.05, 0) is 6.42 Å². The minimum absolute atomic E-state index is 0. The van der Waals surface area contributed by atoms with Gasteiger partial charge in [0.25, 0.3) is 0 Å². The van der Waals surface area contributed by atoms with Crippen molar-refractivity contribution in [3.05, 3.63) is 98.3 Å². The summed E-state index contributed by atoms with van der Waals surface area (Å²) in [5, 5.41) is 0. The van der Waals surface area contributed by atoms with Gasteiger partial charge in [-0.15, -0.1) is 36.8 Å². The van der Waals surface area contributed by atoms with Crippen LogP contribution in [0.4, 0.5) is 0 Å². The third kappa shape index (κ3) is 8.54. The van der Waals surface area contributed by atoms with Crippen LogP contribution in [0, 0.1) is 32.4 Å². The molecule has 2 aromatic carbocycles. The van der Waals surface area contributed by atoms with Crippen molar-refractivity contribution in [3.8, 4) is 11.1 Å². The molecule has 0 heterocycles. The molecule has 4 heteroatoms. The van der Waals surface area contributed by atoms with E-state index >= 15 is 0 Å². The molecule has 2 aliphatic carbocycles. The standard InChI is InChI=1S/C13H9.C9H13.2CH3.2ClH.H2Si.Zr/c1-3-7-12-10(5-1)9-11-6-2-4-8-13(11)12;1-9(2,3)8-6-4-5-7-8;;;;;;/h1-5,7-8H,9H2;6-7H,4H2,1-3H3;2*1H3;2*1H;1H2;/q4*-1;;;;. The zero-order valence-electron chi connectivity index (χ0n) is 17.6. The van der Waals surface area contributed by atoms with Crippen LogP contribution in [0.5, 0.6) is 0 Å². The molecule has 0 aromatic heterocycles. The van der Waals surface area contributed by atoms with Gasteiger partial charge in [-0.3, -0.25) is 6.08 Å². The van der Waals surface area contributed by atoms with Crippen molar-refractivity contribution in [3.63, 3.8) is 0 Å². The van der Waals surface area contributed by atoms with E-state index < -0.39 is 0 Å². The second kappa shape index (κ2) is 15.4. The van der Waals surface area contributed by atoms with Crippen molar-refractivity contribution in [1.82, 2.24) is 0 Å². The van der Waals surface area contributed by atoms with Crippen LogP contribution >= 0.6 is 24.8 Å². The molecule has 4 rings (SSSR count). The van der Waals surface area contributed by atoms with Gasteiger partial charge in [0.05, 0.1) is 0 Å². The third-order valence-electron chi connectivity index (χ3n) is 4.18. The van der Waals surface area contributed by atoms with Gasteiger partial charge in [0.1, 0.15) is 0 Å². The van der Waals surface area contributed by atoms with Crippen LogP contribution in [0.15, 0.2) is 60.2 Å². The Morgan fingerprint density at radius 2 is 1.54 bits per heavy atom. The molecule has 0 saturated heterocycles. The van der Waals surface area contributed by atoms with Crippen molar-refractivity contribution in [1.29, 1.82) is 0 Å². The summed E-state index contributed by atoms with van der Waals surface area (Å²) < 4.78 is 0. The van der Waals surface area contributed by atoms with Gasteiger partial charge in [-0.2, -0.15) is 41.5 Å². The topological polar surface area (TPSA) is 0 Å². The molecule has 154 valence electrons. The van der Waals surface area contributed by atoms with E-state index in [9.17, 15) is 0 Å². The van der Waals surface area contributed by atoms with Gasteiger partial charge in [0, 0.05) is 0 Å². The fourth-order valence-corrected chi connectivity index (χ4v) is 2.92. The first kappa shape index (κ1) is 32.3. The van der Waals surface area contributed by atoms with Crippen LogP contribution in [0.2, 0.25) is 0 Å². The third-order valence-corrected chi connectivity index (χ3v) is 4.18. The van der Waals surface area contributed by atoms with Crippen LogP contribution < -0.4 is 0 Å². The Morgan fingerprint density at radius 3 is 2.07 bits per heavy atom. The maximum Gasteiger partial charge on any atom is -0.0253 e. The second-order valence-electron chi connectivity index (χ2n) is 6.86. The minimum atomic E-state index is 0. The molecule has 0 atom stereocenters. The Hall–Kier alpha value is -0.400. The molecule has 0 amide bonds.